The predicted octanol–water partition coefficient (Wildman–Crippen LogP) is 3.29. The first-order valence-electron chi connectivity index (χ1n) is 12.9. The number of anilines is 1. The molecule has 9 nitrogen and oxygen atoms in total. The van der Waals surface area contributed by atoms with E-state index in [4.69, 9.17) is 9.97 Å². The van der Waals surface area contributed by atoms with Crippen LogP contribution in [0.5, 0.6) is 0 Å². The molecule has 1 aliphatic carbocycles. The van der Waals surface area contributed by atoms with Crippen LogP contribution in [0.25, 0.3) is 22.3 Å². The van der Waals surface area contributed by atoms with Crippen LogP contribution < -0.4 is 10.2 Å². The van der Waals surface area contributed by atoms with E-state index in [9.17, 15) is 18.3 Å². The summed E-state index contributed by atoms with van der Waals surface area (Å²) in [5.74, 6) is 0.454. The van der Waals surface area contributed by atoms with Crippen LogP contribution in [0.2, 0.25) is 0 Å². The number of aromatic nitrogens is 3. The Kier molecular flexibility index (Phi) is 6.11. The van der Waals surface area contributed by atoms with E-state index in [0.29, 0.717) is 17.8 Å². The quantitative estimate of drug-likeness (QED) is 0.380. The lowest BCUT2D eigenvalue weighted by Crippen LogP contribution is -2.23. The fourth-order valence-corrected chi connectivity index (χ4v) is 6.23. The van der Waals surface area contributed by atoms with E-state index in [1.807, 2.05) is 36.4 Å². The lowest BCUT2D eigenvalue weighted by atomic mass is 10.0. The summed E-state index contributed by atoms with van der Waals surface area (Å²) < 4.78 is 24.0. The molecule has 1 spiro atoms. The van der Waals surface area contributed by atoms with Crippen LogP contribution in [0, 0.1) is 12.3 Å². The molecule has 0 radical (unpaired) electrons. The molecule has 200 valence electrons. The second kappa shape index (κ2) is 9.39. The highest BCUT2D eigenvalue weighted by Gasteiger charge is 2.54. The molecule has 1 amide bonds. The first-order valence-corrected chi connectivity index (χ1v) is 14.8. The van der Waals surface area contributed by atoms with Crippen LogP contribution in [0.4, 0.5) is 5.82 Å². The molecule has 1 aliphatic heterocycles. The fraction of sp³-hybridized carbons (Fsp3) is 0.310. The van der Waals surface area contributed by atoms with Gasteiger partial charge >= 0.3 is 0 Å². The standard InChI is InChI=1S/C29H29N5O4S/c1-18-6-7-19(12-25(18)39(2,37)38)28(36)31-15-21-13-24-20(14-30-21)8-9-23(32-24)22-4-3-5-27(33-22)34-16-26(35)29(17-34)10-11-29/h3-9,12-14,26,35H,10-11,15-17H2,1-2H3,(H,31,36)/t26-/m1/s1. The molecule has 39 heavy (non-hydrogen) atoms. The van der Waals surface area contributed by atoms with E-state index in [0.717, 1.165) is 53.8 Å². The number of hydrogen-bond donors (Lipinski definition) is 2. The first-order chi connectivity index (χ1) is 18.6. The fourth-order valence-electron chi connectivity index (χ4n) is 5.23. The third-order valence-corrected chi connectivity index (χ3v) is 8.97. The topological polar surface area (TPSA) is 125 Å². The summed E-state index contributed by atoms with van der Waals surface area (Å²) in [5, 5.41) is 14.1. The van der Waals surface area contributed by atoms with Gasteiger partial charge in [0.2, 0.25) is 0 Å². The molecule has 6 rings (SSSR count). The van der Waals surface area contributed by atoms with E-state index in [1.54, 1.807) is 25.3 Å². The number of carbonyl (C=O) groups is 1. The largest absolute Gasteiger partial charge is 0.391 e. The van der Waals surface area contributed by atoms with Crippen molar-refractivity contribution < 1.29 is 18.3 Å². The Morgan fingerprint density at radius 3 is 2.64 bits per heavy atom. The van der Waals surface area contributed by atoms with Crippen molar-refractivity contribution >= 4 is 32.5 Å². The normalized spacial score (nSPS) is 18.0. The molecule has 1 atom stereocenters. The van der Waals surface area contributed by atoms with Crippen molar-refractivity contribution in [2.24, 2.45) is 5.41 Å². The molecule has 2 N–H and O–H groups in total. The lowest BCUT2D eigenvalue weighted by molar-refractivity contribution is 0.0950. The smallest absolute Gasteiger partial charge is 0.251 e. The molecule has 1 saturated carbocycles. The van der Waals surface area contributed by atoms with E-state index in [-0.39, 0.29) is 34.4 Å². The van der Waals surface area contributed by atoms with Crippen molar-refractivity contribution in [1.82, 2.24) is 20.3 Å². The van der Waals surface area contributed by atoms with Gasteiger partial charge in [-0.3, -0.25) is 9.78 Å². The van der Waals surface area contributed by atoms with Crippen molar-refractivity contribution in [3.05, 3.63) is 77.6 Å². The molecular weight excluding hydrogens is 514 g/mol. The van der Waals surface area contributed by atoms with E-state index in [2.05, 4.69) is 15.2 Å². The van der Waals surface area contributed by atoms with Gasteiger partial charge in [0.25, 0.3) is 5.91 Å². The molecule has 0 bridgehead atoms. The molecule has 4 heterocycles. The number of pyridine rings is 3. The van der Waals surface area contributed by atoms with Crippen molar-refractivity contribution in [3.8, 4) is 11.4 Å². The zero-order chi connectivity index (χ0) is 27.4. The number of benzene rings is 1. The Hall–Kier alpha value is -3.89. The number of nitrogens with one attached hydrogen (secondary N) is 1. The maximum absolute atomic E-state index is 12.7. The predicted molar refractivity (Wildman–Crippen MR) is 148 cm³/mol. The number of amides is 1. The molecule has 0 unspecified atom stereocenters. The number of carbonyl (C=O) groups excluding carboxylic acids is 1. The number of fused-ring (bicyclic) bond motifs is 1. The average Bonchev–Trinajstić information content (AvgIpc) is 3.63. The van der Waals surface area contributed by atoms with Crippen LogP contribution in [-0.4, -0.2) is 59.8 Å². The van der Waals surface area contributed by atoms with Gasteiger partial charge in [0.15, 0.2) is 9.84 Å². The SMILES string of the molecule is Cc1ccc(C(=O)NCc2cc3nc(-c4cccc(N5C[C@@H](O)C6(CC6)C5)n4)ccc3cn2)cc1S(C)(=O)=O. The molecular formula is C29H29N5O4S. The number of β-amino-alcohol motifs (C(OH)–C–C–N with tert-alkyl or cyclic N) is 1. The molecule has 4 aromatic rings. The number of hydrogen-bond acceptors (Lipinski definition) is 8. The zero-order valence-corrected chi connectivity index (χ0v) is 22.6. The third-order valence-electron chi connectivity index (χ3n) is 7.73. The summed E-state index contributed by atoms with van der Waals surface area (Å²) in [4.78, 5) is 29.1. The number of aliphatic hydroxyl groups is 1. The van der Waals surface area contributed by atoms with Crippen LogP contribution in [0.1, 0.15) is 34.5 Å². The van der Waals surface area contributed by atoms with Crippen molar-refractivity contribution in [2.75, 3.05) is 24.2 Å². The summed E-state index contributed by atoms with van der Waals surface area (Å²) in [6, 6.07) is 16.2. The number of sulfone groups is 1. The van der Waals surface area contributed by atoms with Crippen molar-refractivity contribution in [1.29, 1.82) is 0 Å². The first kappa shape index (κ1) is 25.4. The number of aryl methyl sites for hydroxylation is 1. The van der Waals surface area contributed by atoms with Crippen molar-refractivity contribution in [3.63, 3.8) is 0 Å². The van der Waals surface area contributed by atoms with E-state index in [1.165, 1.54) is 6.07 Å². The van der Waals surface area contributed by atoms with Crippen molar-refractivity contribution in [2.45, 2.75) is 37.3 Å². The summed E-state index contributed by atoms with van der Waals surface area (Å²) in [6.45, 7) is 3.29. The van der Waals surface area contributed by atoms with Gasteiger partial charge in [0.1, 0.15) is 5.82 Å². The number of rotatable bonds is 6. The van der Waals surface area contributed by atoms with Gasteiger partial charge in [0, 0.05) is 41.9 Å². The van der Waals surface area contributed by atoms with Gasteiger partial charge in [-0.05, 0) is 67.8 Å². The van der Waals surface area contributed by atoms with Gasteiger partial charge in [0.05, 0.1) is 40.1 Å². The lowest BCUT2D eigenvalue weighted by Gasteiger charge is -2.17. The van der Waals surface area contributed by atoms with Gasteiger partial charge in [-0.15, -0.1) is 0 Å². The highest BCUT2D eigenvalue weighted by molar-refractivity contribution is 7.90. The summed E-state index contributed by atoms with van der Waals surface area (Å²) >= 11 is 0. The van der Waals surface area contributed by atoms with E-state index < -0.39 is 9.84 Å². The minimum atomic E-state index is -3.44. The Balaban J connectivity index is 1.20. The number of aliphatic hydroxyl groups excluding tert-OH is 1. The van der Waals surface area contributed by atoms with Crippen LogP contribution >= 0.6 is 0 Å². The van der Waals surface area contributed by atoms with Gasteiger partial charge in [-0.2, -0.15) is 0 Å². The number of nitrogens with zero attached hydrogens (tertiary/aromatic N) is 4. The molecule has 3 aromatic heterocycles. The molecule has 10 heteroatoms. The molecule has 1 aromatic carbocycles. The third kappa shape index (κ3) is 4.97. The Morgan fingerprint density at radius 2 is 1.90 bits per heavy atom. The maximum atomic E-state index is 12.7. The Morgan fingerprint density at radius 1 is 1.10 bits per heavy atom. The highest BCUT2D eigenvalue weighted by atomic mass is 32.2. The second-order valence-corrected chi connectivity index (χ2v) is 12.6. The summed E-state index contributed by atoms with van der Waals surface area (Å²) in [7, 11) is -3.44. The average molecular weight is 544 g/mol. The van der Waals surface area contributed by atoms with Gasteiger partial charge in [-0.25, -0.2) is 18.4 Å². The van der Waals surface area contributed by atoms with Gasteiger partial charge < -0.3 is 15.3 Å². The van der Waals surface area contributed by atoms with Gasteiger partial charge in [-0.1, -0.05) is 12.1 Å². The van der Waals surface area contributed by atoms with Crippen LogP contribution in [0.3, 0.4) is 0 Å². The molecule has 1 saturated heterocycles. The Bertz CT molecular complexity index is 1720. The zero-order valence-electron chi connectivity index (χ0n) is 21.8. The Labute approximate surface area is 226 Å². The molecule has 2 fully saturated rings. The monoisotopic (exact) mass is 543 g/mol. The summed E-state index contributed by atoms with van der Waals surface area (Å²) in [5.41, 5.74) is 3.73. The maximum Gasteiger partial charge on any atom is 0.251 e. The minimum absolute atomic E-state index is 0.0488. The second-order valence-electron chi connectivity index (χ2n) is 10.6. The highest BCUT2D eigenvalue weighted by Crippen LogP contribution is 2.53. The molecule has 2 aliphatic rings. The van der Waals surface area contributed by atoms with Crippen LogP contribution in [-0.2, 0) is 16.4 Å². The minimum Gasteiger partial charge on any atom is -0.391 e. The van der Waals surface area contributed by atoms with Crippen LogP contribution in [0.15, 0.2) is 65.7 Å². The van der Waals surface area contributed by atoms with E-state index >= 15 is 0 Å². The summed E-state index contributed by atoms with van der Waals surface area (Å²) in [6.07, 6.45) is 4.68.